The van der Waals surface area contributed by atoms with E-state index >= 15 is 0 Å². The molecule has 7 nitrogen and oxygen atoms in total. The van der Waals surface area contributed by atoms with Crippen molar-refractivity contribution in [2.24, 2.45) is 11.8 Å². The molecule has 7 heteroatoms. The van der Waals surface area contributed by atoms with Crippen LogP contribution < -0.4 is 0 Å². The normalized spacial score (nSPS) is 16.1. The Labute approximate surface area is 137 Å². The number of hydrogen-bond donors (Lipinski definition) is 0. The Hall–Kier alpha value is -1.47. The first-order chi connectivity index (χ1) is 10.8. The van der Waals surface area contributed by atoms with Crippen LogP contribution in [0.3, 0.4) is 0 Å². The van der Waals surface area contributed by atoms with Gasteiger partial charge in [-0.05, 0) is 20.3 Å². The van der Waals surface area contributed by atoms with Crippen LogP contribution >= 0.6 is 0 Å². The van der Waals surface area contributed by atoms with Crippen LogP contribution in [-0.4, -0.2) is 50.9 Å². The molecule has 0 aliphatic carbocycles. The highest BCUT2D eigenvalue weighted by atomic mass is 16.7. The summed E-state index contributed by atoms with van der Waals surface area (Å²) >= 11 is 0. The van der Waals surface area contributed by atoms with Crippen molar-refractivity contribution in [1.29, 1.82) is 0 Å². The van der Waals surface area contributed by atoms with Crippen LogP contribution in [0.15, 0.2) is 0 Å². The summed E-state index contributed by atoms with van der Waals surface area (Å²) in [6.45, 7) is 6.34. The predicted octanol–water partition coefficient (Wildman–Crippen LogP) is 1.72. The fourth-order valence-corrected chi connectivity index (χ4v) is 2.39. The molecule has 4 unspecified atom stereocenters. The van der Waals surface area contributed by atoms with Gasteiger partial charge in [0.15, 0.2) is 6.29 Å². The zero-order chi connectivity index (χ0) is 18.0. The highest BCUT2D eigenvalue weighted by Crippen LogP contribution is 2.27. The lowest BCUT2D eigenvalue weighted by atomic mass is 9.83. The van der Waals surface area contributed by atoms with Crippen molar-refractivity contribution in [3.63, 3.8) is 0 Å². The van der Waals surface area contributed by atoms with E-state index in [0.717, 1.165) is 0 Å². The third kappa shape index (κ3) is 8.08. The minimum Gasteiger partial charge on any atom is -0.469 e. The van der Waals surface area contributed by atoms with Crippen LogP contribution in [-0.2, 0) is 33.3 Å². The molecule has 0 saturated heterocycles. The fraction of sp³-hybridized carbons (Fsp3) is 0.812. The molecule has 0 aromatic rings. The first-order valence-electron chi connectivity index (χ1n) is 7.65. The van der Waals surface area contributed by atoms with Crippen LogP contribution in [0.5, 0.6) is 0 Å². The summed E-state index contributed by atoms with van der Waals surface area (Å²) in [6.07, 6.45) is -0.607. The van der Waals surface area contributed by atoms with Gasteiger partial charge in [-0.1, -0.05) is 6.92 Å². The third-order valence-electron chi connectivity index (χ3n) is 3.53. The summed E-state index contributed by atoms with van der Waals surface area (Å²) in [4.78, 5) is 35.1. The number of rotatable bonds is 11. The molecule has 0 aromatic heterocycles. The second kappa shape index (κ2) is 11.1. The highest BCUT2D eigenvalue weighted by Gasteiger charge is 2.38. The molecule has 0 heterocycles. The molecule has 0 spiro atoms. The number of carbonyl (C=O) groups is 3. The Morgan fingerprint density at radius 2 is 1.70 bits per heavy atom. The van der Waals surface area contributed by atoms with E-state index in [1.165, 1.54) is 28.1 Å². The van der Waals surface area contributed by atoms with E-state index in [9.17, 15) is 14.4 Å². The van der Waals surface area contributed by atoms with Gasteiger partial charge in [-0.2, -0.15) is 0 Å². The summed E-state index contributed by atoms with van der Waals surface area (Å²) in [5, 5.41) is 0. The van der Waals surface area contributed by atoms with Crippen molar-refractivity contribution >= 4 is 17.7 Å². The molecule has 0 radical (unpaired) electrons. The standard InChI is InChI=1S/C16H28O7/c1-7-14(23-11(3)18)15(16(19)21-6)13(8-10(2)17)9-22-12(4)20-5/h12-15H,7-9H2,1-6H3. The zero-order valence-electron chi connectivity index (χ0n) is 14.8. The predicted molar refractivity (Wildman–Crippen MR) is 82.6 cm³/mol. The minimum absolute atomic E-state index is 0.0877. The quantitative estimate of drug-likeness (QED) is 0.420. The van der Waals surface area contributed by atoms with E-state index in [4.69, 9.17) is 18.9 Å². The van der Waals surface area contributed by atoms with E-state index in [1.807, 2.05) is 0 Å². The van der Waals surface area contributed by atoms with E-state index in [0.29, 0.717) is 6.42 Å². The van der Waals surface area contributed by atoms with Gasteiger partial charge in [0, 0.05) is 26.4 Å². The van der Waals surface area contributed by atoms with Crippen LogP contribution in [0.25, 0.3) is 0 Å². The number of hydrogen-bond acceptors (Lipinski definition) is 7. The smallest absolute Gasteiger partial charge is 0.312 e. The highest BCUT2D eigenvalue weighted by molar-refractivity contribution is 5.78. The lowest BCUT2D eigenvalue weighted by molar-refractivity contribution is -0.169. The molecular formula is C16H28O7. The van der Waals surface area contributed by atoms with Crippen molar-refractivity contribution in [2.45, 2.75) is 52.9 Å². The molecule has 0 fully saturated rings. The largest absolute Gasteiger partial charge is 0.469 e. The minimum atomic E-state index is -0.776. The molecule has 0 saturated carbocycles. The van der Waals surface area contributed by atoms with Crippen LogP contribution in [0.4, 0.5) is 0 Å². The monoisotopic (exact) mass is 332 g/mol. The Kier molecular flexibility index (Phi) is 10.4. The van der Waals surface area contributed by atoms with Crippen molar-refractivity contribution in [1.82, 2.24) is 0 Å². The molecule has 23 heavy (non-hydrogen) atoms. The van der Waals surface area contributed by atoms with Gasteiger partial charge in [0.2, 0.25) is 0 Å². The molecular weight excluding hydrogens is 304 g/mol. The molecule has 4 atom stereocenters. The summed E-state index contributed by atoms with van der Waals surface area (Å²) in [5.74, 6) is -2.35. The van der Waals surface area contributed by atoms with Gasteiger partial charge < -0.3 is 23.7 Å². The zero-order valence-corrected chi connectivity index (χ0v) is 14.8. The third-order valence-corrected chi connectivity index (χ3v) is 3.53. The van der Waals surface area contributed by atoms with Crippen molar-refractivity contribution < 1.29 is 33.3 Å². The first kappa shape index (κ1) is 21.5. The molecule has 0 rings (SSSR count). The molecule has 134 valence electrons. The lowest BCUT2D eigenvalue weighted by Crippen LogP contribution is -2.41. The average molecular weight is 332 g/mol. The molecule has 0 aliphatic rings. The number of carbonyl (C=O) groups excluding carboxylic acids is 3. The van der Waals surface area contributed by atoms with Crippen molar-refractivity contribution in [2.75, 3.05) is 20.8 Å². The lowest BCUT2D eigenvalue weighted by Gasteiger charge is -2.30. The first-order valence-corrected chi connectivity index (χ1v) is 7.65. The van der Waals surface area contributed by atoms with Gasteiger partial charge in [-0.15, -0.1) is 0 Å². The van der Waals surface area contributed by atoms with Gasteiger partial charge in [0.05, 0.1) is 19.6 Å². The van der Waals surface area contributed by atoms with E-state index < -0.39 is 36.2 Å². The van der Waals surface area contributed by atoms with Gasteiger partial charge in [0.25, 0.3) is 0 Å². The molecule has 0 aliphatic heterocycles. The van der Waals surface area contributed by atoms with Gasteiger partial charge >= 0.3 is 11.9 Å². The van der Waals surface area contributed by atoms with E-state index in [1.54, 1.807) is 13.8 Å². The number of ether oxygens (including phenoxy) is 4. The molecule has 0 amide bonds. The SMILES string of the molecule is CCC(OC(C)=O)C(C(=O)OC)C(COC(C)OC)CC(C)=O. The summed E-state index contributed by atoms with van der Waals surface area (Å²) in [7, 11) is 2.76. The van der Waals surface area contributed by atoms with E-state index in [2.05, 4.69) is 0 Å². The Balaban J connectivity index is 5.37. The molecule has 0 N–H and O–H groups in total. The number of esters is 2. The number of ketones is 1. The topological polar surface area (TPSA) is 88.1 Å². The Morgan fingerprint density at radius 3 is 2.09 bits per heavy atom. The second-order valence-electron chi connectivity index (χ2n) is 5.41. The van der Waals surface area contributed by atoms with E-state index in [-0.39, 0.29) is 18.8 Å². The fourth-order valence-electron chi connectivity index (χ4n) is 2.39. The number of Topliss-reactive ketones (excluding diaryl/α,β-unsaturated/α-hetero) is 1. The Bertz CT molecular complexity index is 394. The molecule has 0 bridgehead atoms. The van der Waals surface area contributed by atoms with Gasteiger partial charge in [-0.3, -0.25) is 9.59 Å². The van der Waals surface area contributed by atoms with Gasteiger partial charge in [0.1, 0.15) is 11.9 Å². The number of methoxy groups -OCH3 is 2. The maximum Gasteiger partial charge on any atom is 0.312 e. The van der Waals surface area contributed by atoms with Crippen LogP contribution in [0.2, 0.25) is 0 Å². The maximum atomic E-state index is 12.2. The van der Waals surface area contributed by atoms with Crippen molar-refractivity contribution in [3.8, 4) is 0 Å². The summed E-state index contributed by atoms with van der Waals surface area (Å²) in [5.41, 5.74) is 0. The summed E-state index contributed by atoms with van der Waals surface area (Å²) < 4.78 is 20.6. The maximum absolute atomic E-state index is 12.2. The summed E-state index contributed by atoms with van der Waals surface area (Å²) in [6, 6.07) is 0. The van der Waals surface area contributed by atoms with Crippen LogP contribution in [0.1, 0.15) is 40.5 Å². The molecule has 0 aromatic carbocycles. The average Bonchev–Trinajstić information content (AvgIpc) is 2.49. The second-order valence-corrected chi connectivity index (χ2v) is 5.41. The van der Waals surface area contributed by atoms with Crippen molar-refractivity contribution in [3.05, 3.63) is 0 Å². The Morgan fingerprint density at radius 1 is 1.09 bits per heavy atom. The van der Waals surface area contributed by atoms with Gasteiger partial charge in [-0.25, -0.2) is 0 Å². The van der Waals surface area contributed by atoms with Crippen LogP contribution in [0, 0.1) is 11.8 Å².